The summed E-state index contributed by atoms with van der Waals surface area (Å²) in [4.78, 5) is 23.0. The maximum atomic E-state index is 12.0. The van der Waals surface area contributed by atoms with E-state index in [-0.39, 0.29) is 21.8 Å². The average Bonchev–Trinajstić information content (AvgIpc) is 2.31. The zero-order valence-corrected chi connectivity index (χ0v) is 13.6. The fourth-order valence-electron chi connectivity index (χ4n) is 6.96. The number of carboxylic acid groups (broad SMARTS) is 2. The standard InChI is InChI=1S/C18H26O4/c1-12(13(19)20)4-5-17-7-15(2)6-16(3,8-17)10-18(9-15,11-17)14(21)22/h1,4-11H2,2-3H3,(H,19,20)(H,21,22). The van der Waals surface area contributed by atoms with Crippen LogP contribution in [-0.2, 0) is 9.59 Å². The van der Waals surface area contributed by atoms with Gasteiger partial charge in [0.15, 0.2) is 0 Å². The third-order valence-corrected chi connectivity index (χ3v) is 6.41. The van der Waals surface area contributed by atoms with Crippen molar-refractivity contribution in [2.75, 3.05) is 0 Å². The van der Waals surface area contributed by atoms with Crippen molar-refractivity contribution in [1.29, 1.82) is 0 Å². The van der Waals surface area contributed by atoms with Gasteiger partial charge in [-0.25, -0.2) is 4.79 Å². The van der Waals surface area contributed by atoms with Crippen molar-refractivity contribution in [3.05, 3.63) is 12.2 Å². The van der Waals surface area contributed by atoms with Gasteiger partial charge in [0.25, 0.3) is 0 Å². The second kappa shape index (κ2) is 4.36. The van der Waals surface area contributed by atoms with Crippen LogP contribution in [0.15, 0.2) is 12.2 Å². The van der Waals surface area contributed by atoms with E-state index >= 15 is 0 Å². The first-order valence-electron chi connectivity index (χ1n) is 8.16. The molecule has 4 heteroatoms. The molecule has 2 N–H and O–H groups in total. The molecule has 2 unspecified atom stereocenters. The second-order valence-electron chi connectivity index (χ2n) is 9.18. The Labute approximate surface area is 131 Å². The third-order valence-electron chi connectivity index (χ3n) is 6.41. The van der Waals surface area contributed by atoms with E-state index in [0.717, 1.165) is 38.5 Å². The largest absolute Gasteiger partial charge is 0.481 e. The minimum Gasteiger partial charge on any atom is -0.481 e. The van der Waals surface area contributed by atoms with Gasteiger partial charge in [0.1, 0.15) is 0 Å². The molecule has 0 saturated heterocycles. The molecular formula is C18H26O4. The average molecular weight is 306 g/mol. The highest BCUT2D eigenvalue weighted by Crippen LogP contribution is 2.74. The highest BCUT2D eigenvalue weighted by atomic mass is 16.4. The molecule has 22 heavy (non-hydrogen) atoms. The maximum Gasteiger partial charge on any atom is 0.330 e. The van der Waals surface area contributed by atoms with E-state index in [4.69, 9.17) is 5.11 Å². The number of aliphatic carboxylic acids is 2. The number of carbonyl (C=O) groups is 2. The van der Waals surface area contributed by atoms with Gasteiger partial charge in [-0.2, -0.15) is 0 Å². The zero-order chi connectivity index (χ0) is 16.4. The van der Waals surface area contributed by atoms with Crippen molar-refractivity contribution in [1.82, 2.24) is 0 Å². The third kappa shape index (κ3) is 2.27. The Bertz CT molecular complexity index is 543. The van der Waals surface area contributed by atoms with Gasteiger partial charge in [-0.1, -0.05) is 20.4 Å². The lowest BCUT2D eigenvalue weighted by Crippen LogP contribution is -2.61. The molecular weight excluding hydrogens is 280 g/mol. The van der Waals surface area contributed by atoms with Crippen LogP contribution in [0.4, 0.5) is 0 Å². The zero-order valence-electron chi connectivity index (χ0n) is 13.6. The lowest BCUT2D eigenvalue weighted by atomic mass is 9.35. The van der Waals surface area contributed by atoms with Gasteiger partial charge in [0.05, 0.1) is 5.41 Å². The normalized spacial score (nSPS) is 45.7. The molecule has 0 aliphatic heterocycles. The summed E-state index contributed by atoms with van der Waals surface area (Å²) in [7, 11) is 0. The van der Waals surface area contributed by atoms with Crippen LogP contribution in [0.3, 0.4) is 0 Å². The van der Waals surface area contributed by atoms with Crippen molar-refractivity contribution in [3.8, 4) is 0 Å². The van der Waals surface area contributed by atoms with Crippen LogP contribution in [-0.4, -0.2) is 22.2 Å². The molecule has 122 valence electrons. The molecule has 0 aromatic carbocycles. The van der Waals surface area contributed by atoms with Crippen LogP contribution in [0, 0.1) is 21.7 Å². The first-order valence-corrected chi connectivity index (χ1v) is 8.16. The van der Waals surface area contributed by atoms with E-state index < -0.39 is 17.4 Å². The Morgan fingerprint density at radius 2 is 1.50 bits per heavy atom. The van der Waals surface area contributed by atoms with Gasteiger partial charge in [-0.3, -0.25) is 4.79 Å². The van der Waals surface area contributed by atoms with E-state index in [0.29, 0.717) is 12.8 Å². The molecule has 0 aromatic heterocycles. The van der Waals surface area contributed by atoms with Crippen molar-refractivity contribution >= 4 is 11.9 Å². The van der Waals surface area contributed by atoms with Gasteiger partial charge >= 0.3 is 11.9 Å². The van der Waals surface area contributed by atoms with Gasteiger partial charge in [0, 0.05) is 5.57 Å². The van der Waals surface area contributed by atoms with Crippen molar-refractivity contribution < 1.29 is 19.8 Å². The second-order valence-corrected chi connectivity index (χ2v) is 9.18. The van der Waals surface area contributed by atoms with Gasteiger partial charge in [-0.15, -0.1) is 0 Å². The molecule has 0 heterocycles. The monoisotopic (exact) mass is 306 g/mol. The summed E-state index contributed by atoms with van der Waals surface area (Å²) in [6, 6.07) is 0. The first kappa shape index (κ1) is 15.6. The molecule has 2 atom stereocenters. The lowest BCUT2D eigenvalue weighted by Gasteiger charge is -2.68. The molecule has 4 bridgehead atoms. The lowest BCUT2D eigenvalue weighted by molar-refractivity contribution is -0.209. The quantitative estimate of drug-likeness (QED) is 0.756. The minimum atomic E-state index is -0.935. The minimum absolute atomic E-state index is 0.0188. The topological polar surface area (TPSA) is 74.6 Å². The molecule has 0 aromatic rings. The SMILES string of the molecule is C=C(CCC12CC3(C)CC(C)(C1)CC(C(=O)O)(C3)C2)C(=O)O. The van der Waals surface area contributed by atoms with Gasteiger partial charge in [-0.05, 0) is 67.6 Å². The summed E-state index contributed by atoms with van der Waals surface area (Å²) in [5.41, 5.74) is -0.188. The molecule has 4 saturated carbocycles. The Balaban J connectivity index is 1.91. The van der Waals surface area contributed by atoms with E-state index in [2.05, 4.69) is 20.4 Å². The molecule has 4 aliphatic carbocycles. The van der Waals surface area contributed by atoms with E-state index in [1.54, 1.807) is 0 Å². The maximum absolute atomic E-state index is 12.0. The first-order chi connectivity index (χ1) is 10.0. The van der Waals surface area contributed by atoms with Crippen LogP contribution < -0.4 is 0 Å². The van der Waals surface area contributed by atoms with E-state index in [1.807, 2.05) is 0 Å². The van der Waals surface area contributed by atoms with Gasteiger partial charge in [0.2, 0.25) is 0 Å². The van der Waals surface area contributed by atoms with E-state index in [9.17, 15) is 14.7 Å². The molecule has 4 rings (SSSR count). The summed E-state index contributed by atoms with van der Waals surface area (Å²) in [6.07, 6.45) is 6.70. The predicted octanol–water partition coefficient (Wildman–Crippen LogP) is 3.86. The smallest absolute Gasteiger partial charge is 0.330 e. The number of rotatable bonds is 5. The molecule has 0 radical (unpaired) electrons. The molecule has 0 spiro atoms. The Morgan fingerprint density at radius 1 is 0.955 bits per heavy atom. The summed E-state index contributed by atoms with van der Waals surface area (Å²) in [6.45, 7) is 8.12. The summed E-state index contributed by atoms with van der Waals surface area (Å²) in [5.74, 6) is -1.58. The van der Waals surface area contributed by atoms with E-state index in [1.165, 1.54) is 0 Å². The highest BCUT2D eigenvalue weighted by Gasteiger charge is 2.67. The summed E-state index contributed by atoms with van der Waals surface area (Å²) >= 11 is 0. The van der Waals surface area contributed by atoms with Crippen LogP contribution in [0.5, 0.6) is 0 Å². The van der Waals surface area contributed by atoms with Crippen molar-refractivity contribution in [2.24, 2.45) is 21.7 Å². The fourth-order valence-corrected chi connectivity index (χ4v) is 6.96. The summed E-state index contributed by atoms with van der Waals surface area (Å²) in [5, 5.41) is 18.9. The Hall–Kier alpha value is -1.32. The molecule has 4 fully saturated rings. The van der Waals surface area contributed by atoms with Crippen LogP contribution in [0.2, 0.25) is 0 Å². The predicted molar refractivity (Wildman–Crippen MR) is 82.4 cm³/mol. The number of hydrogen-bond donors (Lipinski definition) is 2. The van der Waals surface area contributed by atoms with Crippen molar-refractivity contribution in [2.45, 2.75) is 65.2 Å². The molecule has 4 aliphatic rings. The summed E-state index contributed by atoms with van der Waals surface area (Å²) < 4.78 is 0. The van der Waals surface area contributed by atoms with Crippen LogP contribution >= 0.6 is 0 Å². The molecule has 4 nitrogen and oxygen atoms in total. The number of hydrogen-bond acceptors (Lipinski definition) is 2. The Morgan fingerprint density at radius 3 is 1.95 bits per heavy atom. The van der Waals surface area contributed by atoms with Crippen molar-refractivity contribution in [3.63, 3.8) is 0 Å². The molecule has 0 amide bonds. The van der Waals surface area contributed by atoms with Crippen LogP contribution in [0.25, 0.3) is 0 Å². The Kier molecular flexibility index (Phi) is 3.09. The number of carboxylic acids is 2. The highest BCUT2D eigenvalue weighted by molar-refractivity contribution is 5.85. The van der Waals surface area contributed by atoms with Gasteiger partial charge < -0.3 is 10.2 Å². The fraction of sp³-hybridized carbons (Fsp3) is 0.778. The van der Waals surface area contributed by atoms with Crippen LogP contribution in [0.1, 0.15) is 65.2 Å².